The maximum atomic E-state index is 12.3. The van der Waals surface area contributed by atoms with Crippen LogP contribution in [0.1, 0.15) is 82.1 Å². The molecule has 30 heavy (non-hydrogen) atoms. The van der Waals surface area contributed by atoms with Gasteiger partial charge in [0, 0.05) is 6.42 Å². The van der Waals surface area contributed by atoms with Crippen LogP contribution in [0.25, 0.3) is 0 Å². The quantitative estimate of drug-likeness (QED) is 0.632. The molecule has 2 aliphatic heterocycles. The highest BCUT2D eigenvalue weighted by atomic mass is 32.2. The minimum absolute atomic E-state index is 0.0252. The molecule has 0 bridgehead atoms. The van der Waals surface area contributed by atoms with Crippen molar-refractivity contribution in [2.24, 2.45) is 0 Å². The van der Waals surface area contributed by atoms with Crippen LogP contribution >= 0.6 is 0 Å². The van der Waals surface area contributed by atoms with E-state index in [9.17, 15) is 22.8 Å². The van der Waals surface area contributed by atoms with Gasteiger partial charge in [0.05, 0.1) is 10.5 Å². The zero-order valence-corrected chi connectivity index (χ0v) is 21.3. The number of carbonyl (C=O) groups excluding carboxylic acids is 3. The summed E-state index contributed by atoms with van der Waals surface area (Å²) in [4.78, 5) is 34.7. The molecule has 0 aromatic heterocycles. The number of nitrogens with zero attached hydrogens (tertiary/aromatic N) is 1. The molecule has 8 heteroatoms. The van der Waals surface area contributed by atoms with Gasteiger partial charge in [0.25, 0.3) is 21.8 Å². The smallest absolute Gasteiger partial charge is 0.269 e. The Morgan fingerprint density at radius 3 is 1.60 bits per heavy atom. The second-order valence-corrected chi connectivity index (χ2v) is 6.04. The number of hydrogen-bond acceptors (Lipinski definition) is 5. The second kappa shape index (κ2) is 20.1. The van der Waals surface area contributed by atoms with Gasteiger partial charge in [0.15, 0.2) is 0 Å². The zero-order chi connectivity index (χ0) is 25.1. The third-order valence-electron chi connectivity index (χ3n) is 3.12. The minimum Gasteiger partial charge on any atom is -0.295 e. The SMILES string of the molecule is C=CC1=C(C=C)S(=O)(=O)N(C2CCC(=O)NC2=O)C1=O.CC.CC.CC.CC.CC. The Bertz CT molecular complexity index is 680. The van der Waals surface area contributed by atoms with Crippen LogP contribution in [0.3, 0.4) is 0 Å². The maximum Gasteiger partial charge on any atom is 0.269 e. The molecule has 1 unspecified atom stereocenters. The van der Waals surface area contributed by atoms with Gasteiger partial charge < -0.3 is 0 Å². The van der Waals surface area contributed by atoms with Crippen LogP contribution in [0.2, 0.25) is 0 Å². The molecule has 0 radical (unpaired) electrons. The van der Waals surface area contributed by atoms with E-state index < -0.39 is 33.8 Å². The molecular formula is C22H42N2O5S. The lowest BCUT2D eigenvalue weighted by Gasteiger charge is -2.28. The highest BCUT2D eigenvalue weighted by molar-refractivity contribution is 7.94. The molecular weight excluding hydrogens is 404 g/mol. The number of carbonyl (C=O) groups is 3. The van der Waals surface area contributed by atoms with Gasteiger partial charge in [-0.25, -0.2) is 12.7 Å². The van der Waals surface area contributed by atoms with E-state index in [4.69, 9.17) is 0 Å². The summed E-state index contributed by atoms with van der Waals surface area (Å²) in [5.41, 5.74) is -0.121. The fourth-order valence-electron chi connectivity index (χ4n) is 2.20. The number of nitrogens with one attached hydrogen (secondary N) is 1. The van der Waals surface area contributed by atoms with Gasteiger partial charge in [-0.1, -0.05) is 88.5 Å². The Kier molecular flexibility index (Phi) is 23.6. The first-order valence-electron chi connectivity index (χ1n) is 10.8. The highest BCUT2D eigenvalue weighted by Crippen LogP contribution is 2.33. The molecule has 0 aromatic carbocycles. The van der Waals surface area contributed by atoms with Gasteiger partial charge in [-0.2, -0.15) is 0 Å². The van der Waals surface area contributed by atoms with Crippen LogP contribution in [-0.4, -0.2) is 36.5 Å². The van der Waals surface area contributed by atoms with E-state index in [2.05, 4.69) is 13.2 Å². The molecule has 0 spiro atoms. The van der Waals surface area contributed by atoms with Gasteiger partial charge in [-0.3, -0.25) is 19.7 Å². The monoisotopic (exact) mass is 446 g/mol. The maximum absolute atomic E-state index is 12.3. The number of allylic oxidation sites excluding steroid dienone is 1. The molecule has 1 saturated heterocycles. The summed E-state index contributed by atoms with van der Waals surface area (Å²) < 4.78 is 25.1. The van der Waals surface area contributed by atoms with Crippen LogP contribution in [0.5, 0.6) is 0 Å². The number of hydrogen-bond donors (Lipinski definition) is 1. The van der Waals surface area contributed by atoms with Crippen molar-refractivity contribution >= 4 is 27.7 Å². The van der Waals surface area contributed by atoms with Gasteiger partial charge in [-0.15, -0.1) is 0 Å². The van der Waals surface area contributed by atoms with Crippen LogP contribution in [0, 0.1) is 0 Å². The molecule has 7 nitrogen and oxygen atoms in total. The van der Waals surface area contributed by atoms with Crippen LogP contribution in [-0.2, 0) is 24.4 Å². The number of amides is 3. The Labute approximate surface area is 184 Å². The summed E-state index contributed by atoms with van der Waals surface area (Å²) in [7, 11) is -4.14. The summed E-state index contributed by atoms with van der Waals surface area (Å²) in [5, 5.41) is 2.02. The standard InChI is InChI=1S/C12H12N2O5S.5C2H6/c1-3-7-9(4-2)20(18,19)14(12(7)17)8-5-6-10(15)13-11(8)16;5*1-2/h3-4,8H,1-2,5-6H2,(H,13,15,16);5*1-2H3. The Morgan fingerprint density at radius 2 is 1.30 bits per heavy atom. The molecule has 1 N–H and O–H groups in total. The fourth-order valence-corrected chi connectivity index (χ4v) is 3.92. The van der Waals surface area contributed by atoms with E-state index in [0.29, 0.717) is 4.31 Å². The van der Waals surface area contributed by atoms with Crippen molar-refractivity contribution in [1.29, 1.82) is 0 Å². The zero-order valence-electron chi connectivity index (χ0n) is 20.5. The molecule has 2 aliphatic rings. The third kappa shape index (κ3) is 8.65. The molecule has 0 saturated carbocycles. The van der Waals surface area contributed by atoms with E-state index in [1.165, 1.54) is 0 Å². The molecule has 3 amide bonds. The number of rotatable bonds is 3. The van der Waals surface area contributed by atoms with Crippen LogP contribution < -0.4 is 5.32 Å². The van der Waals surface area contributed by atoms with Gasteiger partial charge in [-0.05, 0) is 12.5 Å². The Hall–Kier alpha value is -2.22. The van der Waals surface area contributed by atoms with Crippen molar-refractivity contribution in [2.45, 2.75) is 88.1 Å². The van der Waals surface area contributed by atoms with E-state index in [1.807, 2.05) is 74.6 Å². The Balaban J connectivity index is -0.000000296. The molecule has 2 heterocycles. The number of sulfonamides is 1. The average molecular weight is 447 g/mol. The van der Waals surface area contributed by atoms with Gasteiger partial charge in [0.2, 0.25) is 5.91 Å². The third-order valence-corrected chi connectivity index (χ3v) is 5.00. The van der Waals surface area contributed by atoms with Crippen LogP contribution in [0.15, 0.2) is 35.8 Å². The highest BCUT2D eigenvalue weighted by Gasteiger charge is 2.48. The first-order chi connectivity index (χ1) is 14.3. The topological polar surface area (TPSA) is 101 Å². The van der Waals surface area contributed by atoms with E-state index >= 15 is 0 Å². The summed E-state index contributed by atoms with van der Waals surface area (Å²) >= 11 is 0. The van der Waals surface area contributed by atoms with Gasteiger partial charge in [0.1, 0.15) is 6.04 Å². The van der Waals surface area contributed by atoms with E-state index in [-0.39, 0.29) is 23.3 Å². The predicted octanol–water partition coefficient (Wildman–Crippen LogP) is 4.72. The first kappa shape index (κ1) is 35.2. The van der Waals surface area contributed by atoms with E-state index in [0.717, 1.165) is 12.2 Å². The number of imide groups is 1. The predicted molar refractivity (Wildman–Crippen MR) is 126 cm³/mol. The van der Waals surface area contributed by atoms with Crippen molar-refractivity contribution in [3.63, 3.8) is 0 Å². The summed E-state index contributed by atoms with van der Waals surface area (Å²) in [6.07, 6.45) is 2.09. The van der Waals surface area contributed by atoms with Crippen molar-refractivity contribution < 1.29 is 22.8 Å². The molecule has 2 rings (SSSR count). The van der Waals surface area contributed by atoms with Crippen LogP contribution in [0.4, 0.5) is 0 Å². The minimum atomic E-state index is -4.14. The first-order valence-corrected chi connectivity index (χ1v) is 12.2. The number of piperidine rings is 1. The molecule has 0 aromatic rings. The van der Waals surface area contributed by atoms with Crippen molar-refractivity contribution in [1.82, 2.24) is 9.62 Å². The lowest BCUT2D eigenvalue weighted by atomic mass is 10.1. The summed E-state index contributed by atoms with van der Waals surface area (Å²) in [6.45, 7) is 26.8. The Morgan fingerprint density at radius 1 is 0.867 bits per heavy atom. The van der Waals surface area contributed by atoms with Gasteiger partial charge >= 0.3 is 0 Å². The molecule has 1 atom stereocenters. The summed E-state index contributed by atoms with van der Waals surface area (Å²) in [6, 6.07) is -1.22. The largest absolute Gasteiger partial charge is 0.295 e. The summed E-state index contributed by atoms with van der Waals surface area (Å²) in [5.74, 6) is -2.12. The van der Waals surface area contributed by atoms with Crippen molar-refractivity contribution in [3.8, 4) is 0 Å². The van der Waals surface area contributed by atoms with Crippen molar-refractivity contribution in [3.05, 3.63) is 35.8 Å². The average Bonchev–Trinajstić information content (AvgIpc) is 2.99. The molecule has 1 fully saturated rings. The second-order valence-electron chi connectivity index (χ2n) is 4.26. The normalized spacial score (nSPS) is 18.1. The van der Waals surface area contributed by atoms with E-state index in [1.54, 1.807) is 0 Å². The molecule has 176 valence electrons. The lowest BCUT2D eigenvalue weighted by Crippen LogP contribution is -2.54. The fraction of sp³-hybridized carbons (Fsp3) is 0.591. The van der Waals surface area contributed by atoms with Crippen molar-refractivity contribution in [2.75, 3.05) is 0 Å². The molecule has 0 aliphatic carbocycles. The lowest BCUT2D eigenvalue weighted by molar-refractivity contribution is -0.140.